The van der Waals surface area contributed by atoms with Crippen molar-refractivity contribution in [3.8, 4) is 6.07 Å². The number of benzene rings is 1. The maximum absolute atomic E-state index is 13.3. The summed E-state index contributed by atoms with van der Waals surface area (Å²) in [5.74, 6) is 1.21. The van der Waals surface area contributed by atoms with Crippen LogP contribution in [0.15, 0.2) is 35.5 Å². The van der Waals surface area contributed by atoms with Gasteiger partial charge >= 0.3 is 0 Å². The first-order valence-electron chi connectivity index (χ1n) is 10.7. The van der Waals surface area contributed by atoms with Gasteiger partial charge in [0.1, 0.15) is 0 Å². The van der Waals surface area contributed by atoms with Crippen molar-refractivity contribution in [1.82, 2.24) is 14.8 Å². The summed E-state index contributed by atoms with van der Waals surface area (Å²) in [6, 6.07) is 11.6. The number of nitriles is 1. The van der Waals surface area contributed by atoms with Crippen molar-refractivity contribution in [1.29, 1.82) is 5.26 Å². The Morgan fingerprint density at radius 2 is 1.94 bits per heavy atom. The molecule has 1 fully saturated rings. The van der Waals surface area contributed by atoms with Crippen LogP contribution >= 0.6 is 11.8 Å². The SMILES string of the molecule is CC(C)Cn1c(SC(C)C(=O)N(CCC#N)c2ccccc2)nnc1N1CCOCC1. The first-order chi connectivity index (χ1) is 15.0. The Morgan fingerprint density at radius 3 is 2.58 bits per heavy atom. The van der Waals surface area contributed by atoms with Crippen molar-refractivity contribution >= 4 is 29.3 Å². The Labute approximate surface area is 188 Å². The molecule has 0 aliphatic carbocycles. The molecule has 0 N–H and O–H groups in total. The van der Waals surface area contributed by atoms with Crippen LogP contribution in [-0.4, -0.2) is 58.8 Å². The second-order valence-corrected chi connectivity index (χ2v) is 9.19. The maximum Gasteiger partial charge on any atom is 0.240 e. The minimum Gasteiger partial charge on any atom is -0.378 e. The van der Waals surface area contributed by atoms with Gasteiger partial charge in [-0.15, -0.1) is 10.2 Å². The van der Waals surface area contributed by atoms with Gasteiger partial charge < -0.3 is 14.5 Å². The van der Waals surface area contributed by atoms with Crippen LogP contribution in [0.3, 0.4) is 0 Å². The average molecular weight is 443 g/mol. The summed E-state index contributed by atoms with van der Waals surface area (Å²) in [5.41, 5.74) is 0.799. The van der Waals surface area contributed by atoms with Gasteiger partial charge in [0.05, 0.1) is 31.0 Å². The molecule has 31 heavy (non-hydrogen) atoms. The molecule has 0 bridgehead atoms. The van der Waals surface area contributed by atoms with E-state index in [1.165, 1.54) is 11.8 Å². The Balaban J connectivity index is 1.80. The minimum atomic E-state index is -0.369. The number of carbonyl (C=O) groups excluding carboxylic acids is 1. The highest BCUT2D eigenvalue weighted by atomic mass is 32.2. The van der Waals surface area contributed by atoms with Gasteiger partial charge in [0.25, 0.3) is 0 Å². The molecule has 1 aliphatic heterocycles. The summed E-state index contributed by atoms with van der Waals surface area (Å²) in [4.78, 5) is 17.2. The maximum atomic E-state index is 13.3. The average Bonchev–Trinajstić information content (AvgIpc) is 3.16. The number of anilines is 2. The molecular formula is C22H30N6O2S. The number of amides is 1. The van der Waals surface area contributed by atoms with Crippen LogP contribution in [0.4, 0.5) is 11.6 Å². The van der Waals surface area contributed by atoms with Gasteiger partial charge in [-0.1, -0.05) is 43.8 Å². The molecule has 1 aliphatic rings. The van der Waals surface area contributed by atoms with Crippen molar-refractivity contribution in [3.63, 3.8) is 0 Å². The number of carbonyl (C=O) groups is 1. The van der Waals surface area contributed by atoms with E-state index >= 15 is 0 Å². The molecule has 1 aromatic carbocycles. The summed E-state index contributed by atoms with van der Waals surface area (Å²) < 4.78 is 7.59. The zero-order chi connectivity index (χ0) is 22.2. The van der Waals surface area contributed by atoms with Gasteiger partial charge in [-0.2, -0.15) is 5.26 Å². The zero-order valence-electron chi connectivity index (χ0n) is 18.4. The van der Waals surface area contributed by atoms with Crippen molar-refractivity contribution in [2.75, 3.05) is 42.6 Å². The first-order valence-corrected chi connectivity index (χ1v) is 11.5. The Bertz CT molecular complexity index is 889. The molecule has 0 saturated carbocycles. The number of morpholine rings is 1. The van der Waals surface area contributed by atoms with E-state index in [0.29, 0.717) is 25.7 Å². The zero-order valence-corrected chi connectivity index (χ0v) is 19.2. The number of hydrogen-bond donors (Lipinski definition) is 0. The van der Waals surface area contributed by atoms with Crippen LogP contribution in [0.5, 0.6) is 0 Å². The topological polar surface area (TPSA) is 87.3 Å². The third-order valence-corrected chi connectivity index (χ3v) is 6.02. The molecule has 2 heterocycles. The van der Waals surface area contributed by atoms with Crippen LogP contribution in [0.25, 0.3) is 0 Å². The second kappa shape index (κ2) is 11.2. The molecule has 1 saturated heterocycles. The number of aromatic nitrogens is 3. The van der Waals surface area contributed by atoms with Crippen molar-refractivity contribution in [2.45, 2.75) is 44.1 Å². The second-order valence-electron chi connectivity index (χ2n) is 7.88. The van der Waals surface area contributed by atoms with Crippen LogP contribution in [0.1, 0.15) is 27.2 Å². The number of rotatable bonds is 9. The van der Waals surface area contributed by atoms with Crippen molar-refractivity contribution in [3.05, 3.63) is 30.3 Å². The lowest BCUT2D eigenvalue weighted by Crippen LogP contribution is -2.38. The molecule has 8 nitrogen and oxygen atoms in total. The fourth-order valence-corrected chi connectivity index (χ4v) is 4.37. The van der Waals surface area contributed by atoms with E-state index in [4.69, 9.17) is 10.00 Å². The molecule has 1 aromatic heterocycles. The molecule has 0 radical (unpaired) electrons. The fraction of sp³-hybridized carbons (Fsp3) is 0.545. The van der Waals surface area contributed by atoms with Gasteiger partial charge in [0.2, 0.25) is 11.9 Å². The fourth-order valence-electron chi connectivity index (χ4n) is 3.45. The van der Waals surface area contributed by atoms with Crippen molar-refractivity contribution < 1.29 is 9.53 Å². The summed E-state index contributed by atoms with van der Waals surface area (Å²) in [6.45, 7) is 10.3. The number of hydrogen-bond acceptors (Lipinski definition) is 7. The van der Waals surface area contributed by atoms with Gasteiger partial charge in [0, 0.05) is 31.9 Å². The molecule has 1 unspecified atom stereocenters. The molecule has 3 rings (SSSR count). The standard InChI is InChI=1S/C22H30N6O2S/c1-17(2)16-28-21(26-12-14-30-15-13-26)24-25-22(28)31-18(3)20(29)27(11-7-10-23)19-8-5-4-6-9-19/h4-6,8-9,17-18H,7,11-16H2,1-3H3. The van der Waals surface area contributed by atoms with Gasteiger partial charge in [0.15, 0.2) is 5.16 Å². The lowest BCUT2D eigenvalue weighted by atomic mass is 10.2. The van der Waals surface area contributed by atoms with Crippen LogP contribution < -0.4 is 9.80 Å². The van der Waals surface area contributed by atoms with E-state index in [0.717, 1.165) is 36.4 Å². The lowest BCUT2D eigenvalue weighted by molar-refractivity contribution is -0.117. The van der Waals surface area contributed by atoms with E-state index in [1.54, 1.807) is 4.90 Å². The van der Waals surface area contributed by atoms with E-state index < -0.39 is 0 Å². The van der Waals surface area contributed by atoms with Crippen LogP contribution in [-0.2, 0) is 16.1 Å². The molecule has 1 atom stereocenters. The predicted molar refractivity (Wildman–Crippen MR) is 122 cm³/mol. The predicted octanol–water partition coefficient (Wildman–Crippen LogP) is 3.20. The van der Waals surface area contributed by atoms with Crippen LogP contribution in [0.2, 0.25) is 0 Å². The van der Waals surface area contributed by atoms with Crippen LogP contribution in [0, 0.1) is 17.2 Å². The molecule has 166 valence electrons. The molecule has 1 amide bonds. The summed E-state index contributed by atoms with van der Waals surface area (Å²) >= 11 is 1.42. The van der Waals surface area contributed by atoms with E-state index in [1.807, 2.05) is 37.3 Å². The van der Waals surface area contributed by atoms with E-state index in [-0.39, 0.29) is 17.6 Å². The third-order valence-electron chi connectivity index (χ3n) is 4.95. The molecule has 9 heteroatoms. The van der Waals surface area contributed by atoms with Gasteiger partial charge in [-0.05, 0) is 25.0 Å². The molecule has 2 aromatic rings. The third kappa shape index (κ3) is 5.99. The van der Waals surface area contributed by atoms with E-state index in [2.05, 4.69) is 39.6 Å². The highest BCUT2D eigenvalue weighted by molar-refractivity contribution is 8.00. The Hall–Kier alpha value is -2.57. The number of para-hydroxylation sites is 1. The monoisotopic (exact) mass is 442 g/mol. The molecule has 0 spiro atoms. The molecular weight excluding hydrogens is 412 g/mol. The highest BCUT2D eigenvalue weighted by Crippen LogP contribution is 2.29. The summed E-state index contributed by atoms with van der Waals surface area (Å²) in [5, 5.41) is 18.3. The normalized spacial score (nSPS) is 15.0. The van der Waals surface area contributed by atoms with Gasteiger partial charge in [-0.25, -0.2) is 0 Å². The quantitative estimate of drug-likeness (QED) is 0.551. The number of ether oxygens (including phenoxy) is 1. The Kier molecular flexibility index (Phi) is 8.32. The number of thioether (sulfide) groups is 1. The van der Waals surface area contributed by atoms with Gasteiger partial charge in [-0.3, -0.25) is 9.36 Å². The smallest absolute Gasteiger partial charge is 0.240 e. The number of nitrogens with zero attached hydrogens (tertiary/aromatic N) is 6. The lowest BCUT2D eigenvalue weighted by Gasteiger charge is -2.28. The minimum absolute atomic E-state index is 0.0431. The highest BCUT2D eigenvalue weighted by Gasteiger charge is 2.27. The largest absolute Gasteiger partial charge is 0.378 e. The Morgan fingerprint density at radius 1 is 1.23 bits per heavy atom. The summed E-state index contributed by atoms with van der Waals surface area (Å²) in [6.07, 6.45) is 0.280. The van der Waals surface area contributed by atoms with Crippen molar-refractivity contribution in [2.24, 2.45) is 5.92 Å². The van der Waals surface area contributed by atoms with E-state index in [9.17, 15) is 4.79 Å². The first kappa shape index (κ1) is 23.1. The summed E-state index contributed by atoms with van der Waals surface area (Å²) in [7, 11) is 0.